The molecular weight excluding hydrogens is 504 g/mol. The van der Waals surface area contributed by atoms with Crippen LogP contribution in [-0.2, 0) is 10.2 Å². The SMILES string of the molecule is CCN(C)S(=O)(=O)NC(=O)c1cnn2ccc(N3C[C@@H](F)C[C@@H]3c3cc(F)cc(OCC4CC4)c3)cc12. The zero-order valence-electron chi connectivity index (χ0n) is 20.6. The van der Waals surface area contributed by atoms with Crippen molar-refractivity contribution in [2.45, 2.75) is 38.4 Å². The summed E-state index contributed by atoms with van der Waals surface area (Å²) in [6.07, 6.45) is 4.16. The Kier molecular flexibility index (Phi) is 6.80. The van der Waals surface area contributed by atoms with E-state index in [-0.39, 0.29) is 25.1 Å². The predicted octanol–water partition coefficient (Wildman–Crippen LogP) is 3.48. The molecule has 1 saturated carbocycles. The molecule has 1 aliphatic carbocycles. The molecule has 2 fully saturated rings. The number of halogens is 2. The van der Waals surface area contributed by atoms with Gasteiger partial charge in [-0.3, -0.25) is 4.79 Å². The Morgan fingerprint density at radius 1 is 1.27 bits per heavy atom. The molecule has 1 aliphatic heterocycles. The van der Waals surface area contributed by atoms with Crippen molar-refractivity contribution in [2.75, 3.05) is 31.6 Å². The molecule has 3 heterocycles. The van der Waals surface area contributed by atoms with Gasteiger partial charge in [0.1, 0.15) is 17.7 Å². The van der Waals surface area contributed by atoms with E-state index in [0.29, 0.717) is 35.0 Å². The van der Waals surface area contributed by atoms with Crippen LogP contribution in [0.4, 0.5) is 14.5 Å². The quantitative estimate of drug-likeness (QED) is 0.453. The lowest BCUT2D eigenvalue weighted by molar-refractivity contribution is 0.0981. The number of alkyl halides is 1. The minimum absolute atomic E-state index is 0.0593. The number of rotatable bonds is 9. The van der Waals surface area contributed by atoms with Crippen LogP contribution in [0.1, 0.15) is 48.1 Å². The highest BCUT2D eigenvalue weighted by molar-refractivity contribution is 7.87. The molecule has 9 nitrogen and oxygen atoms in total. The molecule has 198 valence electrons. The number of ether oxygens (including phenoxy) is 1. The molecule has 2 aromatic heterocycles. The van der Waals surface area contributed by atoms with E-state index in [0.717, 1.165) is 17.1 Å². The predicted molar refractivity (Wildman–Crippen MR) is 134 cm³/mol. The normalized spacial score (nSPS) is 20.1. The molecule has 12 heteroatoms. The van der Waals surface area contributed by atoms with Gasteiger partial charge in [-0.25, -0.2) is 18.0 Å². The minimum Gasteiger partial charge on any atom is -0.493 e. The maximum absolute atomic E-state index is 14.7. The Balaban J connectivity index is 1.44. The molecule has 1 saturated heterocycles. The first-order valence-corrected chi connectivity index (χ1v) is 13.7. The van der Waals surface area contributed by atoms with Gasteiger partial charge in [-0.15, -0.1) is 0 Å². The molecule has 1 aromatic carbocycles. The molecule has 0 unspecified atom stereocenters. The second-order valence-electron chi connectivity index (χ2n) is 9.60. The van der Waals surface area contributed by atoms with Crippen molar-refractivity contribution in [3.05, 3.63) is 59.7 Å². The maximum atomic E-state index is 14.7. The second kappa shape index (κ2) is 9.90. The van der Waals surface area contributed by atoms with E-state index in [1.165, 1.54) is 29.9 Å². The molecule has 0 bridgehead atoms. The average Bonchev–Trinajstić information content (AvgIpc) is 3.46. The zero-order chi connectivity index (χ0) is 26.3. The van der Waals surface area contributed by atoms with Gasteiger partial charge in [-0.2, -0.15) is 17.8 Å². The Hall–Kier alpha value is -3.25. The maximum Gasteiger partial charge on any atom is 0.303 e. The lowest BCUT2D eigenvalue weighted by atomic mass is 10.0. The summed E-state index contributed by atoms with van der Waals surface area (Å²) in [5.74, 6) is -0.339. The molecular formula is C25H29F2N5O4S. The number of carbonyl (C=O) groups excluding carboxylic acids is 1. The number of aromatic nitrogens is 2. The highest BCUT2D eigenvalue weighted by Gasteiger charge is 2.34. The van der Waals surface area contributed by atoms with Gasteiger partial charge >= 0.3 is 10.2 Å². The van der Waals surface area contributed by atoms with Crippen LogP contribution in [0.25, 0.3) is 5.52 Å². The first-order chi connectivity index (χ1) is 17.6. The third-order valence-electron chi connectivity index (χ3n) is 6.87. The minimum atomic E-state index is -4.01. The smallest absolute Gasteiger partial charge is 0.303 e. The Bertz CT molecular complexity index is 1430. The lowest BCUT2D eigenvalue weighted by Crippen LogP contribution is -2.41. The summed E-state index contributed by atoms with van der Waals surface area (Å²) in [5.41, 5.74) is 1.62. The number of carbonyl (C=O) groups is 1. The fraction of sp³-hybridized carbons (Fsp3) is 0.440. The number of anilines is 1. The van der Waals surface area contributed by atoms with Crippen molar-refractivity contribution in [3.63, 3.8) is 0 Å². The molecule has 3 aromatic rings. The third-order valence-corrected chi connectivity index (χ3v) is 8.39. The number of pyridine rings is 1. The van der Waals surface area contributed by atoms with E-state index in [1.54, 1.807) is 31.3 Å². The standard InChI is InChI=1S/C25H29F2N5O4S/c1-3-30(2)37(34,35)29-25(33)22-13-28-32-7-6-20(12-24(22)32)31-14-19(27)11-23(31)17-8-18(26)10-21(9-17)36-15-16-4-5-16/h6-10,12-13,16,19,23H,3-5,11,14-15H2,1-2H3,(H,29,33)/t19-,23+/m0/s1. The van der Waals surface area contributed by atoms with E-state index in [4.69, 9.17) is 4.74 Å². The second-order valence-corrected chi connectivity index (χ2v) is 11.4. The van der Waals surface area contributed by atoms with Crippen molar-refractivity contribution in [2.24, 2.45) is 5.92 Å². The number of benzene rings is 1. The topological polar surface area (TPSA) is 96.2 Å². The Morgan fingerprint density at radius 2 is 2.05 bits per heavy atom. The summed E-state index contributed by atoms with van der Waals surface area (Å²) in [4.78, 5) is 14.6. The molecule has 0 spiro atoms. The summed E-state index contributed by atoms with van der Waals surface area (Å²) in [6.45, 7) is 2.46. The van der Waals surface area contributed by atoms with Crippen LogP contribution in [0.3, 0.4) is 0 Å². The molecule has 37 heavy (non-hydrogen) atoms. The van der Waals surface area contributed by atoms with E-state index in [9.17, 15) is 22.0 Å². The summed E-state index contributed by atoms with van der Waals surface area (Å²) in [7, 11) is -2.65. The van der Waals surface area contributed by atoms with Crippen LogP contribution in [0, 0.1) is 11.7 Å². The number of fused-ring (bicyclic) bond motifs is 1. The van der Waals surface area contributed by atoms with Crippen molar-refractivity contribution < 1.29 is 26.7 Å². The number of hydrogen-bond acceptors (Lipinski definition) is 6. The van der Waals surface area contributed by atoms with Crippen molar-refractivity contribution >= 4 is 27.3 Å². The van der Waals surface area contributed by atoms with E-state index in [2.05, 4.69) is 5.10 Å². The monoisotopic (exact) mass is 533 g/mol. The van der Waals surface area contributed by atoms with Gasteiger partial charge in [0.15, 0.2) is 0 Å². The number of amides is 1. The first kappa shape index (κ1) is 25.4. The van der Waals surface area contributed by atoms with E-state index in [1.807, 2.05) is 9.62 Å². The molecule has 1 N–H and O–H groups in total. The highest BCUT2D eigenvalue weighted by atomic mass is 32.2. The molecule has 5 rings (SSSR count). The van der Waals surface area contributed by atoms with Crippen molar-refractivity contribution in [1.29, 1.82) is 0 Å². The fourth-order valence-electron chi connectivity index (χ4n) is 4.49. The van der Waals surface area contributed by atoms with Gasteiger partial charge in [-0.05, 0) is 48.6 Å². The van der Waals surface area contributed by atoms with Gasteiger partial charge in [0.25, 0.3) is 5.91 Å². The van der Waals surface area contributed by atoms with Crippen LogP contribution in [0.15, 0.2) is 42.7 Å². The number of hydrogen-bond donors (Lipinski definition) is 1. The third kappa shape index (κ3) is 5.40. The Morgan fingerprint density at radius 3 is 2.78 bits per heavy atom. The van der Waals surface area contributed by atoms with Crippen LogP contribution in [0.2, 0.25) is 0 Å². The van der Waals surface area contributed by atoms with Crippen molar-refractivity contribution in [1.82, 2.24) is 18.6 Å². The molecule has 2 atom stereocenters. The van der Waals surface area contributed by atoms with Crippen molar-refractivity contribution in [3.8, 4) is 5.75 Å². The average molecular weight is 534 g/mol. The fourth-order valence-corrected chi connectivity index (χ4v) is 5.33. The zero-order valence-corrected chi connectivity index (χ0v) is 21.4. The summed E-state index contributed by atoms with van der Waals surface area (Å²) < 4.78 is 64.1. The number of nitrogens with one attached hydrogen (secondary N) is 1. The van der Waals surface area contributed by atoms with E-state index >= 15 is 0 Å². The highest BCUT2D eigenvalue weighted by Crippen LogP contribution is 2.39. The van der Waals surface area contributed by atoms with Crippen LogP contribution in [-0.4, -0.2) is 61.2 Å². The molecule has 2 aliphatic rings. The molecule has 0 radical (unpaired) electrons. The van der Waals surface area contributed by atoms with Gasteiger partial charge in [0.2, 0.25) is 0 Å². The van der Waals surface area contributed by atoms with Crippen LogP contribution in [0.5, 0.6) is 5.75 Å². The van der Waals surface area contributed by atoms with Gasteiger partial charge < -0.3 is 9.64 Å². The largest absolute Gasteiger partial charge is 0.493 e. The van der Waals surface area contributed by atoms with Crippen LogP contribution < -0.4 is 14.4 Å². The summed E-state index contributed by atoms with van der Waals surface area (Å²) in [6, 6.07) is 7.43. The van der Waals surface area contributed by atoms with E-state index < -0.39 is 34.1 Å². The molecule has 1 amide bonds. The Labute approximate surface area is 214 Å². The van der Waals surface area contributed by atoms with Crippen LogP contribution >= 0.6 is 0 Å². The number of nitrogens with zero attached hydrogens (tertiary/aromatic N) is 4. The van der Waals surface area contributed by atoms with Gasteiger partial charge in [0.05, 0.1) is 29.9 Å². The first-order valence-electron chi connectivity index (χ1n) is 12.2. The summed E-state index contributed by atoms with van der Waals surface area (Å²) in [5, 5.41) is 4.15. The summed E-state index contributed by atoms with van der Waals surface area (Å²) >= 11 is 0. The van der Waals surface area contributed by atoms with Gasteiger partial charge in [-0.1, -0.05) is 6.92 Å². The van der Waals surface area contributed by atoms with Gasteiger partial charge in [0, 0.05) is 44.5 Å². The lowest BCUT2D eigenvalue weighted by Gasteiger charge is -2.27.